The molecule has 0 aliphatic carbocycles. The maximum absolute atomic E-state index is 12.8. The van der Waals surface area contributed by atoms with Gasteiger partial charge in [-0.05, 0) is 48.2 Å². The predicted molar refractivity (Wildman–Crippen MR) is 104 cm³/mol. The van der Waals surface area contributed by atoms with Gasteiger partial charge in [-0.25, -0.2) is 13.1 Å². The number of hydrogen-bond donors (Lipinski definition) is 1. The fourth-order valence-corrected chi connectivity index (χ4v) is 4.35. The number of furan rings is 1. The van der Waals surface area contributed by atoms with Gasteiger partial charge >= 0.3 is 0 Å². The summed E-state index contributed by atoms with van der Waals surface area (Å²) in [4.78, 5) is 15.5. The molecular formula is C19H20N2O4S2. The number of carbonyl (C=O) groups excluding carboxylic acids is 1. The van der Waals surface area contributed by atoms with Crippen LogP contribution in [0.15, 0.2) is 63.4 Å². The Morgan fingerprint density at radius 3 is 2.70 bits per heavy atom. The standard InChI is InChI=1S/C19H20N2O4S2/c1-14-7-8-17(27(23,24)20-12-15-5-3-9-25-15)11-18(14)19(22)21(2)13-16-6-4-10-26-16/h3-11,20H,12-13H2,1-2H3. The van der Waals surface area contributed by atoms with Crippen molar-refractivity contribution in [1.29, 1.82) is 0 Å². The Balaban J connectivity index is 1.79. The van der Waals surface area contributed by atoms with E-state index in [-0.39, 0.29) is 17.3 Å². The fraction of sp³-hybridized carbons (Fsp3) is 0.211. The van der Waals surface area contributed by atoms with Crippen LogP contribution in [0.25, 0.3) is 0 Å². The van der Waals surface area contributed by atoms with E-state index in [2.05, 4.69) is 4.72 Å². The van der Waals surface area contributed by atoms with Gasteiger partial charge < -0.3 is 9.32 Å². The average Bonchev–Trinajstić information content (AvgIpc) is 3.33. The summed E-state index contributed by atoms with van der Waals surface area (Å²) in [5, 5.41) is 1.96. The predicted octanol–water partition coefficient (Wildman–Crippen LogP) is 3.40. The van der Waals surface area contributed by atoms with Crippen LogP contribution in [0.2, 0.25) is 0 Å². The molecule has 0 saturated carbocycles. The SMILES string of the molecule is Cc1ccc(S(=O)(=O)NCc2ccco2)cc1C(=O)N(C)Cc1cccs1. The van der Waals surface area contributed by atoms with Crippen LogP contribution >= 0.6 is 11.3 Å². The third-order valence-electron chi connectivity index (χ3n) is 4.09. The van der Waals surface area contributed by atoms with Gasteiger partial charge in [0.2, 0.25) is 10.0 Å². The van der Waals surface area contributed by atoms with Gasteiger partial charge in [0.25, 0.3) is 5.91 Å². The lowest BCUT2D eigenvalue weighted by Crippen LogP contribution is -2.27. The van der Waals surface area contributed by atoms with Crippen LogP contribution in [0.1, 0.15) is 26.6 Å². The lowest BCUT2D eigenvalue weighted by molar-refractivity contribution is 0.0785. The maximum Gasteiger partial charge on any atom is 0.254 e. The zero-order valence-electron chi connectivity index (χ0n) is 15.0. The van der Waals surface area contributed by atoms with Gasteiger partial charge in [-0.1, -0.05) is 12.1 Å². The smallest absolute Gasteiger partial charge is 0.254 e. The zero-order chi connectivity index (χ0) is 19.4. The van der Waals surface area contributed by atoms with E-state index in [4.69, 9.17) is 4.42 Å². The highest BCUT2D eigenvalue weighted by molar-refractivity contribution is 7.89. The van der Waals surface area contributed by atoms with Crippen molar-refractivity contribution in [2.75, 3.05) is 7.05 Å². The number of thiophene rings is 1. The highest BCUT2D eigenvalue weighted by Gasteiger charge is 2.20. The number of sulfonamides is 1. The van der Waals surface area contributed by atoms with Crippen LogP contribution in [-0.4, -0.2) is 26.3 Å². The first-order chi connectivity index (χ1) is 12.9. The number of hydrogen-bond acceptors (Lipinski definition) is 5. The van der Waals surface area contributed by atoms with Gasteiger partial charge in [-0.15, -0.1) is 11.3 Å². The third kappa shape index (κ3) is 4.65. The molecule has 0 unspecified atom stereocenters. The minimum Gasteiger partial charge on any atom is -0.468 e. The van der Waals surface area contributed by atoms with Crippen molar-refractivity contribution in [2.24, 2.45) is 0 Å². The second kappa shape index (κ2) is 8.08. The van der Waals surface area contributed by atoms with E-state index in [1.54, 1.807) is 48.4 Å². The van der Waals surface area contributed by atoms with Gasteiger partial charge in [-0.3, -0.25) is 4.79 Å². The van der Waals surface area contributed by atoms with Crippen molar-refractivity contribution in [2.45, 2.75) is 24.9 Å². The molecule has 8 heteroatoms. The fourth-order valence-electron chi connectivity index (χ4n) is 2.58. The quantitative estimate of drug-likeness (QED) is 0.655. The topological polar surface area (TPSA) is 79.6 Å². The molecule has 27 heavy (non-hydrogen) atoms. The molecule has 2 aromatic heterocycles. The molecule has 2 heterocycles. The molecule has 1 amide bonds. The Hall–Kier alpha value is -2.42. The first kappa shape index (κ1) is 19.3. The molecular weight excluding hydrogens is 384 g/mol. The van der Waals surface area contributed by atoms with Crippen molar-refractivity contribution in [3.8, 4) is 0 Å². The summed E-state index contributed by atoms with van der Waals surface area (Å²) in [6.45, 7) is 2.31. The van der Waals surface area contributed by atoms with E-state index < -0.39 is 10.0 Å². The van der Waals surface area contributed by atoms with E-state index in [9.17, 15) is 13.2 Å². The Morgan fingerprint density at radius 1 is 1.22 bits per heavy atom. The summed E-state index contributed by atoms with van der Waals surface area (Å²) >= 11 is 1.57. The van der Waals surface area contributed by atoms with Crippen molar-refractivity contribution < 1.29 is 17.6 Å². The van der Waals surface area contributed by atoms with E-state index in [0.717, 1.165) is 10.4 Å². The second-order valence-electron chi connectivity index (χ2n) is 6.12. The Labute approximate surface area is 162 Å². The summed E-state index contributed by atoms with van der Waals surface area (Å²) in [5.41, 5.74) is 1.10. The summed E-state index contributed by atoms with van der Waals surface area (Å²) in [7, 11) is -2.06. The largest absolute Gasteiger partial charge is 0.468 e. The van der Waals surface area contributed by atoms with Crippen LogP contribution in [-0.2, 0) is 23.1 Å². The third-order valence-corrected chi connectivity index (χ3v) is 6.35. The maximum atomic E-state index is 12.8. The lowest BCUT2D eigenvalue weighted by atomic mass is 10.1. The molecule has 0 atom stereocenters. The molecule has 1 aromatic carbocycles. The van der Waals surface area contributed by atoms with Crippen molar-refractivity contribution >= 4 is 27.3 Å². The van der Waals surface area contributed by atoms with Gasteiger partial charge in [0.1, 0.15) is 5.76 Å². The highest BCUT2D eigenvalue weighted by Crippen LogP contribution is 2.19. The van der Waals surface area contributed by atoms with E-state index in [1.807, 2.05) is 17.5 Å². The van der Waals surface area contributed by atoms with Crippen LogP contribution in [0, 0.1) is 6.92 Å². The van der Waals surface area contributed by atoms with Gasteiger partial charge in [-0.2, -0.15) is 0 Å². The summed E-state index contributed by atoms with van der Waals surface area (Å²) in [5.74, 6) is 0.293. The summed E-state index contributed by atoms with van der Waals surface area (Å²) in [6, 6.07) is 11.8. The number of rotatable bonds is 7. The molecule has 0 radical (unpaired) electrons. The van der Waals surface area contributed by atoms with Gasteiger partial charge in [0, 0.05) is 17.5 Å². The molecule has 6 nitrogen and oxygen atoms in total. The number of aryl methyl sites for hydroxylation is 1. The van der Waals surface area contributed by atoms with E-state index in [0.29, 0.717) is 17.9 Å². The molecule has 0 saturated heterocycles. The monoisotopic (exact) mass is 404 g/mol. The van der Waals surface area contributed by atoms with Crippen LogP contribution in [0.4, 0.5) is 0 Å². The molecule has 3 aromatic rings. The van der Waals surface area contributed by atoms with E-state index >= 15 is 0 Å². The number of carbonyl (C=O) groups is 1. The molecule has 0 spiro atoms. The number of amides is 1. The number of nitrogens with one attached hydrogen (secondary N) is 1. The molecule has 0 aliphatic heterocycles. The van der Waals surface area contributed by atoms with Crippen LogP contribution in [0.3, 0.4) is 0 Å². The average molecular weight is 405 g/mol. The van der Waals surface area contributed by atoms with Crippen molar-refractivity contribution in [3.05, 3.63) is 75.9 Å². The van der Waals surface area contributed by atoms with Crippen molar-refractivity contribution in [3.63, 3.8) is 0 Å². The number of benzene rings is 1. The van der Waals surface area contributed by atoms with Crippen molar-refractivity contribution in [1.82, 2.24) is 9.62 Å². The minimum atomic E-state index is -3.76. The molecule has 3 rings (SSSR count). The van der Waals surface area contributed by atoms with E-state index in [1.165, 1.54) is 18.4 Å². The Morgan fingerprint density at radius 2 is 2.04 bits per heavy atom. The normalized spacial score (nSPS) is 11.5. The molecule has 0 fully saturated rings. The van der Waals surface area contributed by atoms with Gasteiger partial charge in [0.05, 0.1) is 24.2 Å². The Kier molecular flexibility index (Phi) is 5.79. The minimum absolute atomic E-state index is 0.0464. The Bertz CT molecular complexity index is 1010. The highest BCUT2D eigenvalue weighted by atomic mass is 32.2. The second-order valence-corrected chi connectivity index (χ2v) is 8.92. The lowest BCUT2D eigenvalue weighted by Gasteiger charge is -2.18. The summed E-state index contributed by atoms with van der Waals surface area (Å²) < 4.78 is 32.8. The van der Waals surface area contributed by atoms with Gasteiger partial charge in [0.15, 0.2) is 0 Å². The molecule has 0 bridgehead atoms. The van der Waals surface area contributed by atoms with Crippen LogP contribution < -0.4 is 4.72 Å². The molecule has 142 valence electrons. The summed E-state index contributed by atoms with van der Waals surface area (Å²) in [6.07, 6.45) is 1.48. The first-order valence-electron chi connectivity index (χ1n) is 8.27. The molecule has 0 aliphatic rings. The first-order valence-corrected chi connectivity index (χ1v) is 10.6. The zero-order valence-corrected chi connectivity index (χ0v) is 16.6. The van der Waals surface area contributed by atoms with Crippen LogP contribution in [0.5, 0.6) is 0 Å². The molecule has 1 N–H and O–H groups in total. The number of nitrogens with zero attached hydrogens (tertiary/aromatic N) is 1.